The highest BCUT2D eigenvalue weighted by molar-refractivity contribution is 5.94. The molecule has 0 bridgehead atoms. The van der Waals surface area contributed by atoms with Crippen LogP contribution in [-0.4, -0.2) is 33.6 Å². The Bertz CT molecular complexity index is 1160. The third kappa shape index (κ3) is 3.91. The number of anilines is 1. The van der Waals surface area contributed by atoms with Gasteiger partial charge in [-0.05, 0) is 44.0 Å². The van der Waals surface area contributed by atoms with Gasteiger partial charge in [0.15, 0.2) is 5.65 Å². The van der Waals surface area contributed by atoms with Gasteiger partial charge in [0, 0.05) is 17.8 Å². The summed E-state index contributed by atoms with van der Waals surface area (Å²) in [7, 11) is 1.22. The predicted molar refractivity (Wildman–Crippen MR) is 102 cm³/mol. The van der Waals surface area contributed by atoms with E-state index in [0.29, 0.717) is 23.3 Å². The van der Waals surface area contributed by atoms with Crippen LogP contribution >= 0.6 is 0 Å². The molecule has 0 aliphatic rings. The lowest BCUT2D eigenvalue weighted by atomic mass is 10.1. The molecule has 9 heteroatoms. The Kier molecular flexibility index (Phi) is 5.54. The maximum absolute atomic E-state index is 14.0. The Morgan fingerprint density at radius 2 is 2.10 bits per heavy atom. The molecule has 148 valence electrons. The van der Waals surface area contributed by atoms with Crippen LogP contribution in [0.5, 0.6) is 0 Å². The van der Waals surface area contributed by atoms with Gasteiger partial charge in [-0.15, -0.1) is 0 Å². The summed E-state index contributed by atoms with van der Waals surface area (Å²) >= 11 is 0. The summed E-state index contributed by atoms with van der Waals surface area (Å²) in [5, 5.41) is 15.8. The minimum absolute atomic E-state index is 0.0726. The van der Waals surface area contributed by atoms with Gasteiger partial charge < -0.3 is 10.1 Å². The number of benzene rings is 1. The molecule has 29 heavy (non-hydrogen) atoms. The molecule has 0 aliphatic heterocycles. The highest BCUT2D eigenvalue weighted by Crippen LogP contribution is 2.20. The SMILES string of the molecule is COC(=O)c1ccc(F)c(NC(=O)CCc2c(C)nc3c(C#N)cnn3c2C)c1. The van der Waals surface area contributed by atoms with E-state index in [4.69, 9.17) is 5.26 Å². The fraction of sp³-hybridized carbons (Fsp3) is 0.250. The number of rotatable bonds is 5. The number of aromatic nitrogens is 3. The number of methoxy groups -OCH3 is 1. The van der Waals surface area contributed by atoms with E-state index in [9.17, 15) is 14.0 Å². The number of hydrogen-bond acceptors (Lipinski definition) is 6. The van der Waals surface area contributed by atoms with Gasteiger partial charge in [-0.1, -0.05) is 0 Å². The largest absolute Gasteiger partial charge is 0.465 e. The number of ether oxygens (including phenoxy) is 1. The zero-order valence-electron chi connectivity index (χ0n) is 16.1. The molecule has 0 aliphatic carbocycles. The number of nitrogens with one attached hydrogen (secondary N) is 1. The van der Waals surface area contributed by atoms with Crippen molar-refractivity contribution in [2.45, 2.75) is 26.7 Å². The normalized spacial score (nSPS) is 10.6. The quantitative estimate of drug-likeness (QED) is 0.665. The number of hydrogen-bond donors (Lipinski definition) is 1. The molecule has 1 amide bonds. The van der Waals surface area contributed by atoms with Crippen LogP contribution in [0.2, 0.25) is 0 Å². The van der Waals surface area contributed by atoms with Gasteiger partial charge in [-0.2, -0.15) is 10.4 Å². The average Bonchev–Trinajstić information content (AvgIpc) is 3.11. The molecule has 0 atom stereocenters. The van der Waals surface area contributed by atoms with E-state index in [2.05, 4.69) is 20.1 Å². The van der Waals surface area contributed by atoms with Gasteiger partial charge in [0.1, 0.15) is 17.4 Å². The van der Waals surface area contributed by atoms with E-state index in [-0.39, 0.29) is 17.7 Å². The van der Waals surface area contributed by atoms with Gasteiger partial charge in [-0.3, -0.25) is 4.79 Å². The molecule has 8 nitrogen and oxygen atoms in total. The fourth-order valence-electron chi connectivity index (χ4n) is 3.07. The predicted octanol–water partition coefficient (Wildman–Crippen LogP) is 2.71. The van der Waals surface area contributed by atoms with Crippen molar-refractivity contribution in [1.29, 1.82) is 5.26 Å². The molecule has 2 heterocycles. The summed E-state index contributed by atoms with van der Waals surface area (Å²) in [5.41, 5.74) is 3.19. The lowest BCUT2D eigenvalue weighted by Gasteiger charge is -2.12. The molecule has 0 unspecified atom stereocenters. The molecule has 1 N–H and O–H groups in total. The van der Waals surface area contributed by atoms with E-state index in [1.54, 1.807) is 11.4 Å². The number of amides is 1. The summed E-state index contributed by atoms with van der Waals surface area (Å²) in [6, 6.07) is 5.65. The molecule has 0 saturated carbocycles. The second-order valence-corrected chi connectivity index (χ2v) is 6.40. The van der Waals surface area contributed by atoms with Crippen molar-refractivity contribution in [3.63, 3.8) is 0 Å². The molecule has 2 aromatic heterocycles. The smallest absolute Gasteiger partial charge is 0.337 e. The molecule has 0 fully saturated rings. The Morgan fingerprint density at radius 1 is 1.34 bits per heavy atom. The first-order chi connectivity index (χ1) is 13.8. The number of carbonyl (C=O) groups excluding carboxylic acids is 2. The number of nitriles is 1. The minimum atomic E-state index is -0.651. The van der Waals surface area contributed by atoms with Crippen molar-refractivity contribution in [2.24, 2.45) is 0 Å². The Labute approximate surface area is 165 Å². The van der Waals surface area contributed by atoms with Crippen molar-refractivity contribution < 1.29 is 18.7 Å². The van der Waals surface area contributed by atoms with Gasteiger partial charge in [0.25, 0.3) is 0 Å². The van der Waals surface area contributed by atoms with E-state index >= 15 is 0 Å². The highest BCUT2D eigenvalue weighted by Gasteiger charge is 2.16. The van der Waals surface area contributed by atoms with E-state index in [1.165, 1.54) is 25.4 Å². The molecular weight excluding hydrogens is 377 g/mol. The monoisotopic (exact) mass is 395 g/mol. The lowest BCUT2D eigenvalue weighted by Crippen LogP contribution is -2.16. The number of nitrogens with zero attached hydrogens (tertiary/aromatic N) is 4. The second kappa shape index (κ2) is 8.06. The third-order valence-electron chi connectivity index (χ3n) is 4.59. The molecule has 3 aromatic rings. The Morgan fingerprint density at radius 3 is 2.79 bits per heavy atom. The van der Waals surface area contributed by atoms with Crippen LogP contribution in [0.3, 0.4) is 0 Å². The summed E-state index contributed by atoms with van der Waals surface area (Å²) < 4.78 is 20.2. The summed E-state index contributed by atoms with van der Waals surface area (Å²) in [6.07, 6.45) is 1.87. The van der Waals surface area contributed by atoms with Crippen molar-refractivity contribution in [3.05, 3.63) is 58.3 Å². The van der Waals surface area contributed by atoms with Crippen LogP contribution in [0.1, 0.15) is 39.3 Å². The summed E-state index contributed by atoms with van der Waals surface area (Å²) in [4.78, 5) is 28.4. The van der Waals surface area contributed by atoms with Crippen molar-refractivity contribution in [1.82, 2.24) is 14.6 Å². The number of aryl methyl sites for hydroxylation is 2. The number of esters is 1. The Balaban J connectivity index is 1.77. The van der Waals surface area contributed by atoms with E-state index < -0.39 is 17.7 Å². The van der Waals surface area contributed by atoms with Crippen molar-refractivity contribution in [3.8, 4) is 6.07 Å². The fourth-order valence-corrected chi connectivity index (χ4v) is 3.07. The topological polar surface area (TPSA) is 109 Å². The second-order valence-electron chi connectivity index (χ2n) is 6.40. The first kappa shape index (κ1) is 19.9. The highest BCUT2D eigenvalue weighted by atomic mass is 19.1. The third-order valence-corrected chi connectivity index (χ3v) is 4.59. The van der Waals surface area contributed by atoms with Crippen LogP contribution < -0.4 is 5.32 Å². The summed E-state index contributed by atoms with van der Waals surface area (Å²) in [6.45, 7) is 3.64. The van der Waals surface area contributed by atoms with E-state index in [1.807, 2.05) is 13.0 Å². The number of fused-ring (bicyclic) bond motifs is 1. The zero-order chi connectivity index (χ0) is 21.1. The van der Waals surface area contributed by atoms with Crippen LogP contribution in [0, 0.1) is 31.0 Å². The zero-order valence-corrected chi connectivity index (χ0v) is 16.1. The number of halogens is 1. The first-order valence-electron chi connectivity index (χ1n) is 8.77. The molecule has 0 radical (unpaired) electrons. The van der Waals surface area contributed by atoms with Crippen LogP contribution in [0.15, 0.2) is 24.4 Å². The molecule has 3 rings (SSSR count). The molecule has 0 saturated heterocycles. The molecular formula is C20H18FN5O3. The average molecular weight is 395 g/mol. The van der Waals surface area contributed by atoms with E-state index in [0.717, 1.165) is 17.3 Å². The van der Waals surface area contributed by atoms with Crippen molar-refractivity contribution in [2.75, 3.05) is 12.4 Å². The van der Waals surface area contributed by atoms with Crippen molar-refractivity contribution >= 4 is 23.2 Å². The van der Waals surface area contributed by atoms with Gasteiger partial charge in [0.2, 0.25) is 5.91 Å². The number of carbonyl (C=O) groups is 2. The van der Waals surface area contributed by atoms with Gasteiger partial charge in [0.05, 0.1) is 24.6 Å². The van der Waals surface area contributed by atoms with Crippen LogP contribution in [-0.2, 0) is 16.0 Å². The van der Waals surface area contributed by atoms with Crippen LogP contribution in [0.4, 0.5) is 10.1 Å². The maximum atomic E-state index is 14.0. The lowest BCUT2D eigenvalue weighted by molar-refractivity contribution is -0.116. The molecule has 1 aromatic carbocycles. The minimum Gasteiger partial charge on any atom is -0.465 e. The first-order valence-corrected chi connectivity index (χ1v) is 8.77. The van der Waals surface area contributed by atoms with Crippen LogP contribution in [0.25, 0.3) is 5.65 Å². The Hall–Kier alpha value is -3.80. The molecule has 0 spiro atoms. The summed E-state index contributed by atoms with van der Waals surface area (Å²) in [5.74, 6) is -1.69. The maximum Gasteiger partial charge on any atom is 0.337 e. The van der Waals surface area contributed by atoms with Gasteiger partial charge >= 0.3 is 5.97 Å². The standard InChI is InChI=1S/C20H18FN5O3/c1-11-15(12(2)26-19(24-11)14(9-22)10-23-26)5-7-18(27)25-17-8-13(20(28)29-3)4-6-16(17)21/h4,6,8,10H,5,7H2,1-3H3,(H,25,27). The van der Waals surface area contributed by atoms with Gasteiger partial charge in [-0.25, -0.2) is 18.7 Å².